The Morgan fingerprint density at radius 2 is 1.19 bits per heavy atom. The van der Waals surface area contributed by atoms with Crippen LogP contribution in [0.15, 0.2) is 0 Å². The zero-order valence-electron chi connectivity index (χ0n) is 17.9. The molecule has 7 heteroatoms. The molecule has 1 saturated heterocycles. The van der Waals surface area contributed by atoms with Gasteiger partial charge in [0.15, 0.2) is 0 Å². The van der Waals surface area contributed by atoms with Crippen molar-refractivity contribution in [2.75, 3.05) is 13.2 Å². The van der Waals surface area contributed by atoms with E-state index in [1.807, 2.05) is 27.7 Å². The summed E-state index contributed by atoms with van der Waals surface area (Å²) in [6.07, 6.45) is 2.08. The van der Waals surface area contributed by atoms with Gasteiger partial charge >= 0.3 is 170 Å². The van der Waals surface area contributed by atoms with E-state index in [-0.39, 0.29) is 11.8 Å². The van der Waals surface area contributed by atoms with Crippen LogP contribution >= 0.6 is 0 Å². The predicted molar refractivity (Wildman–Crippen MR) is 107 cm³/mol. The van der Waals surface area contributed by atoms with Gasteiger partial charge in [-0.3, -0.25) is 0 Å². The molecule has 0 amide bonds. The molecule has 1 rings (SSSR count). The topological polar surface area (TPSA) is 71.1 Å². The van der Waals surface area contributed by atoms with E-state index >= 15 is 0 Å². The van der Waals surface area contributed by atoms with E-state index in [2.05, 4.69) is 13.8 Å². The van der Waals surface area contributed by atoms with Crippen LogP contribution in [0.2, 0.25) is 8.87 Å². The van der Waals surface area contributed by atoms with Crippen molar-refractivity contribution in [1.82, 2.24) is 0 Å². The van der Waals surface area contributed by atoms with Gasteiger partial charge in [0.2, 0.25) is 0 Å². The Bertz CT molecular complexity index is 423. The molecule has 2 atom stereocenters. The summed E-state index contributed by atoms with van der Waals surface area (Å²) < 4.78 is 25.1. The molecule has 0 aliphatic carbocycles. The summed E-state index contributed by atoms with van der Waals surface area (Å²) in [4.78, 5) is 25.3. The average molecular weight is 493 g/mol. The van der Waals surface area contributed by atoms with Crippen molar-refractivity contribution in [3.8, 4) is 0 Å². The second-order valence-corrected chi connectivity index (χ2v) is 17.6. The van der Waals surface area contributed by atoms with Crippen molar-refractivity contribution in [2.24, 2.45) is 11.8 Å². The quantitative estimate of drug-likeness (QED) is 0.300. The Balaban J connectivity index is 2.97. The molecule has 1 aliphatic heterocycles. The maximum atomic E-state index is 12.6. The monoisotopic (exact) mass is 494 g/mol. The van der Waals surface area contributed by atoms with Crippen LogP contribution < -0.4 is 0 Å². The van der Waals surface area contributed by atoms with E-state index in [0.717, 1.165) is 34.6 Å². The third-order valence-corrected chi connectivity index (χ3v) is 14.6. The van der Waals surface area contributed by atoms with Crippen molar-refractivity contribution < 1.29 is 25.2 Å². The molecule has 1 heterocycles. The Kier molecular flexibility index (Phi) is 11.2. The summed E-state index contributed by atoms with van der Waals surface area (Å²) >= 11 is -3.52. The molecule has 0 aromatic heterocycles. The minimum absolute atomic E-state index is 0.219. The van der Waals surface area contributed by atoms with Crippen molar-refractivity contribution in [2.45, 2.75) is 88.3 Å². The second-order valence-electron chi connectivity index (χ2n) is 8.24. The van der Waals surface area contributed by atoms with E-state index in [0.29, 0.717) is 13.2 Å². The number of hydrogen-bond donors (Lipinski definition) is 0. The maximum absolute atomic E-state index is 12.6. The summed E-state index contributed by atoms with van der Waals surface area (Å²) in [5.74, 6) is -0.560. The molecule has 0 radical (unpaired) electrons. The third kappa shape index (κ3) is 8.28. The predicted octanol–water partition coefficient (Wildman–Crippen LogP) is 4.21. The summed E-state index contributed by atoms with van der Waals surface area (Å²) in [5, 5.41) is 0. The first-order chi connectivity index (χ1) is 12.7. The summed E-state index contributed by atoms with van der Waals surface area (Å²) in [6.45, 7) is 12.7. The Morgan fingerprint density at radius 3 is 1.48 bits per heavy atom. The first kappa shape index (κ1) is 24.7. The van der Waals surface area contributed by atoms with Gasteiger partial charge in [-0.25, -0.2) is 0 Å². The van der Waals surface area contributed by atoms with Gasteiger partial charge in [0.25, 0.3) is 0 Å². The molecule has 0 aromatic rings. The molecule has 27 heavy (non-hydrogen) atoms. The van der Waals surface area contributed by atoms with Gasteiger partial charge in [-0.05, 0) is 0 Å². The average Bonchev–Trinajstić information content (AvgIpc) is 3.01. The Morgan fingerprint density at radius 1 is 0.815 bits per heavy atom. The fraction of sp³-hybridized carbons (Fsp3) is 0.900. The SMILES string of the molecule is CCC[CH2][Sn]1([CH2]CCC)[O][C@H](C(=O)OCC(C)C)[C@@H](C(=O)OCC(C)C)[O]1. The van der Waals surface area contributed by atoms with Crippen LogP contribution in [-0.2, 0) is 25.2 Å². The van der Waals surface area contributed by atoms with Crippen molar-refractivity contribution in [1.29, 1.82) is 0 Å². The fourth-order valence-corrected chi connectivity index (χ4v) is 14.1. The molecule has 158 valence electrons. The first-order valence-electron chi connectivity index (χ1n) is 10.4. The Labute approximate surface area is 169 Å². The minimum atomic E-state index is -3.52. The first-order valence-corrected chi connectivity index (χ1v) is 16.8. The number of unbranched alkanes of at least 4 members (excludes halogenated alkanes) is 2. The van der Waals surface area contributed by atoms with E-state index in [1.165, 1.54) is 0 Å². The number of hydrogen-bond acceptors (Lipinski definition) is 6. The Hall–Kier alpha value is -0.341. The molecular weight excluding hydrogens is 455 g/mol. The number of carbonyl (C=O) groups is 2. The summed E-state index contributed by atoms with van der Waals surface area (Å²) in [5.41, 5.74) is 0. The van der Waals surface area contributed by atoms with Gasteiger partial charge in [-0.2, -0.15) is 0 Å². The summed E-state index contributed by atoms with van der Waals surface area (Å²) in [6, 6.07) is 0. The molecule has 0 saturated carbocycles. The van der Waals surface area contributed by atoms with Gasteiger partial charge in [-0.15, -0.1) is 0 Å². The van der Waals surface area contributed by atoms with E-state index in [4.69, 9.17) is 15.6 Å². The number of ether oxygens (including phenoxy) is 2. The standard InChI is InChI=1S/C12H20O6.2C4H9.Sn/c1-7(2)5-17-11(15)9(13)10(14)12(16)18-6-8(3)4;2*1-3-4-2;/h7-10H,5-6H2,1-4H3;2*1,3-4H2,2H3;/q-2;;;+2/t9-,10-;;;/m0.../s1. The molecule has 0 unspecified atom stereocenters. The van der Waals surface area contributed by atoms with Gasteiger partial charge < -0.3 is 0 Å². The normalized spacial score (nSPS) is 21.6. The summed E-state index contributed by atoms with van der Waals surface area (Å²) in [7, 11) is 0. The van der Waals surface area contributed by atoms with Crippen LogP contribution in [-0.4, -0.2) is 56.6 Å². The number of esters is 2. The van der Waals surface area contributed by atoms with Crippen LogP contribution in [0.3, 0.4) is 0 Å². The van der Waals surface area contributed by atoms with E-state index < -0.39 is 43.4 Å². The van der Waals surface area contributed by atoms with Gasteiger partial charge in [-0.1, -0.05) is 0 Å². The van der Waals surface area contributed by atoms with E-state index in [1.54, 1.807) is 0 Å². The van der Waals surface area contributed by atoms with Gasteiger partial charge in [0.1, 0.15) is 0 Å². The van der Waals surface area contributed by atoms with Crippen LogP contribution in [0.25, 0.3) is 0 Å². The van der Waals surface area contributed by atoms with Crippen LogP contribution in [0.4, 0.5) is 0 Å². The van der Waals surface area contributed by atoms with Crippen LogP contribution in [0, 0.1) is 11.8 Å². The number of rotatable bonds is 12. The zero-order chi connectivity index (χ0) is 20.4. The molecule has 0 bridgehead atoms. The van der Waals surface area contributed by atoms with Crippen molar-refractivity contribution in [3.05, 3.63) is 0 Å². The molecule has 1 fully saturated rings. The molecule has 1 aliphatic rings. The fourth-order valence-electron chi connectivity index (χ4n) is 2.87. The zero-order valence-corrected chi connectivity index (χ0v) is 20.8. The van der Waals surface area contributed by atoms with Gasteiger partial charge in [0.05, 0.1) is 0 Å². The molecule has 0 aromatic carbocycles. The van der Waals surface area contributed by atoms with Gasteiger partial charge in [0, 0.05) is 0 Å². The van der Waals surface area contributed by atoms with Crippen molar-refractivity contribution in [3.63, 3.8) is 0 Å². The second kappa shape index (κ2) is 12.3. The van der Waals surface area contributed by atoms with E-state index in [9.17, 15) is 9.59 Å². The molecule has 6 nitrogen and oxygen atoms in total. The molecular formula is C20H38O6Sn. The molecule has 0 N–H and O–H groups in total. The number of carbonyl (C=O) groups excluding carboxylic acids is 2. The molecule has 0 spiro atoms. The van der Waals surface area contributed by atoms with Crippen molar-refractivity contribution >= 4 is 31.1 Å². The van der Waals surface area contributed by atoms with Crippen LogP contribution in [0.5, 0.6) is 0 Å². The third-order valence-electron chi connectivity index (χ3n) is 4.36. The van der Waals surface area contributed by atoms with Crippen LogP contribution in [0.1, 0.15) is 67.2 Å².